The van der Waals surface area contributed by atoms with E-state index in [2.05, 4.69) is 29.6 Å². The van der Waals surface area contributed by atoms with Crippen LogP contribution in [0.25, 0.3) is 0 Å². The lowest BCUT2D eigenvalue weighted by Gasteiger charge is -2.20. The standard InChI is InChI=1S/C23H24N2O3S2/c1-18-11-13-21(14-12-18)29-16-15-24-23(26)19-7-6-8-20(17-19)25(2)30(27,28)22-9-4-3-5-10-22/h3-14,17H,15-16H2,1-2H3,(H,24,26). The van der Waals surface area contributed by atoms with Crippen LogP contribution in [0.5, 0.6) is 0 Å². The zero-order valence-electron chi connectivity index (χ0n) is 16.9. The molecule has 0 saturated carbocycles. The second-order valence-corrected chi connectivity index (χ2v) is 9.89. The van der Waals surface area contributed by atoms with Gasteiger partial charge in [0.1, 0.15) is 0 Å². The molecule has 0 saturated heterocycles. The molecule has 0 fully saturated rings. The fourth-order valence-electron chi connectivity index (χ4n) is 2.80. The summed E-state index contributed by atoms with van der Waals surface area (Å²) in [5, 5.41) is 2.89. The number of carbonyl (C=O) groups is 1. The highest BCUT2D eigenvalue weighted by molar-refractivity contribution is 7.99. The van der Waals surface area contributed by atoms with Crippen LogP contribution >= 0.6 is 11.8 Å². The van der Waals surface area contributed by atoms with Crippen molar-refractivity contribution in [2.24, 2.45) is 0 Å². The minimum atomic E-state index is -3.69. The minimum absolute atomic E-state index is 0.204. The van der Waals surface area contributed by atoms with E-state index in [-0.39, 0.29) is 10.8 Å². The van der Waals surface area contributed by atoms with E-state index in [0.717, 1.165) is 10.6 Å². The van der Waals surface area contributed by atoms with E-state index in [1.54, 1.807) is 66.4 Å². The molecular formula is C23H24N2O3S2. The van der Waals surface area contributed by atoms with Gasteiger partial charge in [-0.05, 0) is 49.4 Å². The number of rotatable bonds is 8. The van der Waals surface area contributed by atoms with Gasteiger partial charge in [-0.25, -0.2) is 8.42 Å². The van der Waals surface area contributed by atoms with Crippen LogP contribution in [-0.2, 0) is 10.0 Å². The van der Waals surface area contributed by atoms with Crippen molar-refractivity contribution in [3.63, 3.8) is 0 Å². The topological polar surface area (TPSA) is 66.5 Å². The van der Waals surface area contributed by atoms with Gasteiger partial charge < -0.3 is 5.32 Å². The normalized spacial score (nSPS) is 11.1. The Bertz CT molecular complexity index is 1100. The van der Waals surface area contributed by atoms with Crippen molar-refractivity contribution in [2.75, 3.05) is 23.7 Å². The van der Waals surface area contributed by atoms with Crippen molar-refractivity contribution < 1.29 is 13.2 Å². The summed E-state index contributed by atoms with van der Waals surface area (Å²) in [7, 11) is -2.21. The highest BCUT2D eigenvalue weighted by Crippen LogP contribution is 2.23. The zero-order valence-corrected chi connectivity index (χ0v) is 18.5. The van der Waals surface area contributed by atoms with Gasteiger partial charge in [0, 0.05) is 29.8 Å². The highest BCUT2D eigenvalue weighted by atomic mass is 32.2. The first kappa shape index (κ1) is 21.9. The molecular weight excluding hydrogens is 416 g/mol. The van der Waals surface area contributed by atoms with Crippen LogP contribution in [0.15, 0.2) is 88.7 Å². The van der Waals surface area contributed by atoms with Gasteiger partial charge in [0.25, 0.3) is 15.9 Å². The van der Waals surface area contributed by atoms with Crippen molar-refractivity contribution >= 4 is 33.4 Å². The zero-order chi connectivity index (χ0) is 21.6. The Hall–Kier alpha value is -2.77. The molecule has 30 heavy (non-hydrogen) atoms. The molecule has 0 atom stereocenters. The van der Waals surface area contributed by atoms with Crippen molar-refractivity contribution in [3.8, 4) is 0 Å². The monoisotopic (exact) mass is 440 g/mol. The molecule has 0 aliphatic carbocycles. The van der Waals surface area contributed by atoms with Crippen molar-refractivity contribution in [2.45, 2.75) is 16.7 Å². The third kappa shape index (κ3) is 5.43. The molecule has 0 aromatic heterocycles. The molecule has 3 aromatic rings. The second kappa shape index (κ2) is 9.82. The molecule has 0 radical (unpaired) electrons. The fourth-order valence-corrected chi connectivity index (χ4v) is 4.78. The van der Waals surface area contributed by atoms with Gasteiger partial charge in [-0.3, -0.25) is 9.10 Å². The van der Waals surface area contributed by atoms with Gasteiger partial charge in [0.05, 0.1) is 10.6 Å². The van der Waals surface area contributed by atoms with Gasteiger partial charge >= 0.3 is 0 Å². The molecule has 0 heterocycles. The number of nitrogens with one attached hydrogen (secondary N) is 1. The third-order valence-electron chi connectivity index (χ3n) is 4.55. The predicted molar refractivity (Wildman–Crippen MR) is 123 cm³/mol. The van der Waals surface area contributed by atoms with Gasteiger partial charge in [-0.15, -0.1) is 11.8 Å². The van der Waals surface area contributed by atoms with Gasteiger partial charge in [-0.2, -0.15) is 0 Å². The third-order valence-corrected chi connectivity index (χ3v) is 7.36. The van der Waals surface area contributed by atoms with E-state index in [1.807, 2.05) is 6.92 Å². The van der Waals surface area contributed by atoms with E-state index in [9.17, 15) is 13.2 Å². The lowest BCUT2D eigenvalue weighted by atomic mass is 10.2. The summed E-state index contributed by atoms with van der Waals surface area (Å²) in [5.74, 6) is 0.517. The Morgan fingerprint density at radius 1 is 0.967 bits per heavy atom. The Morgan fingerprint density at radius 3 is 2.37 bits per heavy atom. The van der Waals surface area contributed by atoms with E-state index < -0.39 is 10.0 Å². The minimum Gasteiger partial charge on any atom is -0.351 e. The van der Waals surface area contributed by atoms with Crippen LogP contribution in [-0.4, -0.2) is 33.7 Å². The number of benzene rings is 3. The predicted octanol–water partition coefficient (Wildman–Crippen LogP) is 4.34. The summed E-state index contributed by atoms with van der Waals surface area (Å²) >= 11 is 1.67. The Morgan fingerprint density at radius 2 is 1.67 bits per heavy atom. The van der Waals surface area contributed by atoms with E-state index in [1.165, 1.54) is 16.9 Å². The van der Waals surface area contributed by atoms with Crippen LogP contribution in [0.2, 0.25) is 0 Å². The molecule has 0 bridgehead atoms. The largest absolute Gasteiger partial charge is 0.351 e. The smallest absolute Gasteiger partial charge is 0.264 e. The van der Waals surface area contributed by atoms with Crippen LogP contribution in [0.3, 0.4) is 0 Å². The second-order valence-electron chi connectivity index (χ2n) is 6.75. The maximum Gasteiger partial charge on any atom is 0.264 e. The van der Waals surface area contributed by atoms with Crippen LogP contribution in [0.4, 0.5) is 5.69 Å². The van der Waals surface area contributed by atoms with Crippen molar-refractivity contribution in [1.29, 1.82) is 0 Å². The molecule has 5 nitrogen and oxygen atoms in total. The summed E-state index contributed by atoms with van der Waals surface area (Å²) in [6, 6.07) is 23.1. The fraction of sp³-hybridized carbons (Fsp3) is 0.174. The lowest BCUT2D eigenvalue weighted by Crippen LogP contribution is -2.28. The number of carbonyl (C=O) groups excluding carboxylic acids is 1. The number of anilines is 1. The summed E-state index contributed by atoms with van der Waals surface area (Å²) in [6.45, 7) is 2.56. The molecule has 0 spiro atoms. The number of sulfonamides is 1. The van der Waals surface area contributed by atoms with Crippen LogP contribution in [0, 0.1) is 6.92 Å². The van der Waals surface area contributed by atoms with Crippen LogP contribution < -0.4 is 9.62 Å². The summed E-state index contributed by atoms with van der Waals surface area (Å²) in [4.78, 5) is 13.9. The summed E-state index contributed by atoms with van der Waals surface area (Å²) < 4.78 is 26.8. The number of thioether (sulfide) groups is 1. The number of aryl methyl sites for hydroxylation is 1. The number of hydrogen-bond donors (Lipinski definition) is 1. The Kier molecular flexibility index (Phi) is 7.18. The first-order valence-electron chi connectivity index (χ1n) is 9.49. The molecule has 3 aromatic carbocycles. The van der Waals surface area contributed by atoms with Gasteiger partial charge in [0.2, 0.25) is 0 Å². The van der Waals surface area contributed by atoms with Gasteiger partial charge in [0.15, 0.2) is 0 Å². The number of amides is 1. The molecule has 0 unspecified atom stereocenters. The van der Waals surface area contributed by atoms with E-state index >= 15 is 0 Å². The summed E-state index contributed by atoms with van der Waals surface area (Å²) in [5.41, 5.74) is 2.07. The molecule has 0 aliphatic heterocycles. The van der Waals surface area contributed by atoms with Crippen LogP contribution in [0.1, 0.15) is 15.9 Å². The van der Waals surface area contributed by atoms with E-state index in [0.29, 0.717) is 17.8 Å². The van der Waals surface area contributed by atoms with Crippen molar-refractivity contribution in [1.82, 2.24) is 5.32 Å². The highest BCUT2D eigenvalue weighted by Gasteiger charge is 2.21. The SMILES string of the molecule is Cc1ccc(SCCNC(=O)c2cccc(N(C)S(=O)(=O)c3ccccc3)c2)cc1. The van der Waals surface area contributed by atoms with E-state index in [4.69, 9.17) is 0 Å². The van der Waals surface area contributed by atoms with Crippen molar-refractivity contribution in [3.05, 3.63) is 90.0 Å². The lowest BCUT2D eigenvalue weighted by molar-refractivity contribution is 0.0956. The number of nitrogens with zero attached hydrogens (tertiary/aromatic N) is 1. The quantitative estimate of drug-likeness (QED) is 0.418. The first-order valence-corrected chi connectivity index (χ1v) is 11.9. The molecule has 156 valence electrons. The maximum atomic E-state index is 12.8. The average molecular weight is 441 g/mol. The molecule has 1 amide bonds. The molecule has 3 rings (SSSR count). The maximum absolute atomic E-state index is 12.8. The summed E-state index contributed by atoms with van der Waals surface area (Å²) in [6.07, 6.45) is 0. The molecule has 0 aliphatic rings. The number of hydrogen-bond acceptors (Lipinski definition) is 4. The molecule has 1 N–H and O–H groups in total. The average Bonchev–Trinajstić information content (AvgIpc) is 2.78. The Balaban J connectivity index is 1.61. The van der Waals surface area contributed by atoms with Gasteiger partial charge in [-0.1, -0.05) is 42.0 Å². The molecule has 7 heteroatoms. The Labute approximate surface area is 182 Å². The first-order chi connectivity index (χ1) is 14.4.